The van der Waals surface area contributed by atoms with Crippen LogP contribution in [0.15, 0.2) is 40.9 Å². The van der Waals surface area contributed by atoms with Crippen LogP contribution in [-0.2, 0) is 13.0 Å². The molecule has 1 aliphatic rings. The highest BCUT2D eigenvalue weighted by atomic mass is 16.5. The second-order valence-corrected chi connectivity index (χ2v) is 5.04. The second kappa shape index (κ2) is 6.01. The third-order valence-electron chi connectivity index (χ3n) is 3.62. The molecule has 2 heterocycles. The van der Waals surface area contributed by atoms with Gasteiger partial charge in [-0.1, -0.05) is 48.5 Å². The zero-order valence-corrected chi connectivity index (χ0v) is 11.7. The van der Waals surface area contributed by atoms with E-state index in [0.717, 1.165) is 44.2 Å². The van der Waals surface area contributed by atoms with Crippen molar-refractivity contribution < 1.29 is 4.52 Å². The summed E-state index contributed by atoms with van der Waals surface area (Å²) in [4.78, 5) is 6.70. The van der Waals surface area contributed by atoms with E-state index in [1.165, 1.54) is 11.1 Å². The molecule has 1 aliphatic heterocycles. The maximum atomic E-state index is 5.14. The Kier molecular flexibility index (Phi) is 3.92. The maximum absolute atomic E-state index is 5.14. The summed E-state index contributed by atoms with van der Waals surface area (Å²) in [6.07, 6.45) is 4.17. The minimum absolute atomic E-state index is 0.720. The molecule has 3 rings (SSSR count). The fourth-order valence-electron chi connectivity index (χ4n) is 2.47. The first kappa shape index (κ1) is 13.1. The Morgan fingerprint density at radius 1 is 1.25 bits per heavy atom. The smallest absolute Gasteiger partial charge is 0.226 e. The summed E-state index contributed by atoms with van der Waals surface area (Å²) >= 11 is 0. The van der Waals surface area contributed by atoms with Crippen molar-refractivity contribution >= 4 is 5.57 Å². The van der Waals surface area contributed by atoms with E-state index in [1.807, 2.05) is 6.92 Å². The van der Waals surface area contributed by atoms with Crippen molar-refractivity contribution in [2.75, 3.05) is 13.1 Å². The molecule has 104 valence electrons. The summed E-state index contributed by atoms with van der Waals surface area (Å²) in [5.41, 5.74) is 2.77. The van der Waals surface area contributed by atoms with Crippen LogP contribution in [0.2, 0.25) is 0 Å². The summed E-state index contributed by atoms with van der Waals surface area (Å²) in [6.45, 7) is 4.77. The number of benzene rings is 1. The lowest BCUT2D eigenvalue weighted by atomic mass is 10.00. The Morgan fingerprint density at radius 3 is 2.75 bits per heavy atom. The Morgan fingerprint density at radius 2 is 2.10 bits per heavy atom. The van der Waals surface area contributed by atoms with Gasteiger partial charge in [-0.3, -0.25) is 4.90 Å². The summed E-state index contributed by atoms with van der Waals surface area (Å²) < 4.78 is 5.14. The van der Waals surface area contributed by atoms with Gasteiger partial charge < -0.3 is 4.52 Å². The van der Waals surface area contributed by atoms with E-state index in [9.17, 15) is 0 Å². The molecule has 20 heavy (non-hydrogen) atoms. The number of aryl methyl sites for hydroxylation is 1. The van der Waals surface area contributed by atoms with E-state index in [1.54, 1.807) is 0 Å². The highest BCUT2D eigenvalue weighted by molar-refractivity contribution is 5.66. The summed E-state index contributed by atoms with van der Waals surface area (Å²) in [7, 11) is 0. The van der Waals surface area contributed by atoms with E-state index in [2.05, 4.69) is 51.4 Å². The number of aromatic nitrogens is 2. The monoisotopic (exact) mass is 269 g/mol. The van der Waals surface area contributed by atoms with Crippen molar-refractivity contribution in [1.29, 1.82) is 0 Å². The van der Waals surface area contributed by atoms with Crippen LogP contribution < -0.4 is 0 Å². The van der Waals surface area contributed by atoms with Gasteiger partial charge in [0.15, 0.2) is 5.82 Å². The molecule has 2 aromatic rings. The molecule has 4 heteroatoms. The average molecular weight is 269 g/mol. The van der Waals surface area contributed by atoms with E-state index in [0.29, 0.717) is 0 Å². The first-order valence-corrected chi connectivity index (χ1v) is 7.13. The lowest BCUT2D eigenvalue weighted by Crippen LogP contribution is -2.28. The second-order valence-electron chi connectivity index (χ2n) is 5.04. The maximum Gasteiger partial charge on any atom is 0.226 e. The molecule has 0 unspecified atom stereocenters. The fourth-order valence-corrected chi connectivity index (χ4v) is 2.47. The molecule has 0 aliphatic carbocycles. The van der Waals surface area contributed by atoms with Crippen molar-refractivity contribution in [1.82, 2.24) is 15.0 Å². The van der Waals surface area contributed by atoms with Gasteiger partial charge in [-0.15, -0.1) is 0 Å². The number of nitrogens with zero attached hydrogens (tertiary/aromatic N) is 3. The largest absolute Gasteiger partial charge is 0.339 e. The minimum atomic E-state index is 0.720. The van der Waals surface area contributed by atoms with E-state index in [4.69, 9.17) is 4.52 Å². The molecular formula is C16H19N3O. The molecule has 0 bridgehead atoms. The Balaban J connectivity index is 1.62. The van der Waals surface area contributed by atoms with Gasteiger partial charge in [0.2, 0.25) is 5.89 Å². The van der Waals surface area contributed by atoms with Gasteiger partial charge in [0.25, 0.3) is 0 Å². The molecule has 1 aromatic heterocycles. The Bertz CT molecular complexity index is 589. The van der Waals surface area contributed by atoms with Crippen LogP contribution in [0.25, 0.3) is 5.57 Å². The molecular weight excluding hydrogens is 250 g/mol. The first-order chi connectivity index (χ1) is 9.85. The van der Waals surface area contributed by atoms with Crippen molar-refractivity contribution in [2.24, 2.45) is 0 Å². The lowest BCUT2D eigenvalue weighted by Gasteiger charge is -2.25. The lowest BCUT2D eigenvalue weighted by molar-refractivity contribution is 0.279. The quantitative estimate of drug-likeness (QED) is 0.856. The van der Waals surface area contributed by atoms with Crippen LogP contribution in [-0.4, -0.2) is 28.1 Å². The molecule has 1 aromatic carbocycles. The van der Waals surface area contributed by atoms with Crippen molar-refractivity contribution in [3.8, 4) is 0 Å². The number of hydrogen-bond donors (Lipinski definition) is 0. The highest BCUT2D eigenvalue weighted by Gasteiger charge is 2.15. The van der Waals surface area contributed by atoms with Gasteiger partial charge in [-0.05, 0) is 17.6 Å². The Hall–Kier alpha value is -1.94. The van der Waals surface area contributed by atoms with Gasteiger partial charge in [0.05, 0.1) is 6.54 Å². The normalized spacial score (nSPS) is 16.1. The standard InChI is InChI=1S/C16H19N3O/c1-2-16-17-15(18-20-16)12-19-10-8-14(9-11-19)13-6-4-3-5-7-13/h3-8H,2,9-12H2,1H3. The molecule has 0 saturated carbocycles. The predicted octanol–water partition coefficient (Wildman–Crippen LogP) is 2.92. The van der Waals surface area contributed by atoms with E-state index < -0.39 is 0 Å². The minimum Gasteiger partial charge on any atom is -0.339 e. The van der Waals surface area contributed by atoms with Crippen LogP contribution in [0.3, 0.4) is 0 Å². The molecule has 0 spiro atoms. The van der Waals surface area contributed by atoms with Crippen molar-refractivity contribution in [2.45, 2.75) is 26.3 Å². The van der Waals surface area contributed by atoms with Crippen LogP contribution in [0, 0.1) is 0 Å². The van der Waals surface area contributed by atoms with Gasteiger partial charge in [-0.2, -0.15) is 4.98 Å². The van der Waals surface area contributed by atoms with Crippen LogP contribution in [0.4, 0.5) is 0 Å². The van der Waals surface area contributed by atoms with Gasteiger partial charge >= 0.3 is 0 Å². The SMILES string of the molecule is CCc1nc(CN2CC=C(c3ccccc3)CC2)no1. The van der Waals surface area contributed by atoms with E-state index >= 15 is 0 Å². The zero-order chi connectivity index (χ0) is 13.8. The molecule has 0 N–H and O–H groups in total. The Labute approximate surface area is 119 Å². The van der Waals surface area contributed by atoms with Crippen LogP contribution in [0.5, 0.6) is 0 Å². The zero-order valence-electron chi connectivity index (χ0n) is 11.7. The number of hydrogen-bond acceptors (Lipinski definition) is 4. The van der Waals surface area contributed by atoms with Gasteiger partial charge in [-0.25, -0.2) is 0 Å². The van der Waals surface area contributed by atoms with Crippen LogP contribution in [0.1, 0.15) is 30.6 Å². The van der Waals surface area contributed by atoms with Crippen molar-refractivity contribution in [3.63, 3.8) is 0 Å². The van der Waals surface area contributed by atoms with Gasteiger partial charge in [0, 0.05) is 19.5 Å². The third kappa shape index (κ3) is 2.96. The highest BCUT2D eigenvalue weighted by Crippen LogP contribution is 2.22. The molecule has 0 radical (unpaired) electrons. The third-order valence-corrected chi connectivity index (χ3v) is 3.62. The van der Waals surface area contributed by atoms with E-state index in [-0.39, 0.29) is 0 Å². The average Bonchev–Trinajstić information content (AvgIpc) is 2.97. The predicted molar refractivity (Wildman–Crippen MR) is 78.0 cm³/mol. The van der Waals surface area contributed by atoms with Gasteiger partial charge in [0.1, 0.15) is 0 Å². The summed E-state index contributed by atoms with van der Waals surface area (Å²) in [5.74, 6) is 1.51. The van der Waals surface area contributed by atoms with Crippen molar-refractivity contribution in [3.05, 3.63) is 53.7 Å². The van der Waals surface area contributed by atoms with Crippen LogP contribution >= 0.6 is 0 Å². The summed E-state index contributed by atoms with van der Waals surface area (Å²) in [5, 5.41) is 4.01. The number of rotatable bonds is 4. The first-order valence-electron chi connectivity index (χ1n) is 7.13. The topological polar surface area (TPSA) is 42.2 Å². The molecule has 0 atom stereocenters. The molecule has 4 nitrogen and oxygen atoms in total. The fraction of sp³-hybridized carbons (Fsp3) is 0.375. The molecule has 0 saturated heterocycles. The molecule has 0 fully saturated rings. The molecule has 0 amide bonds. The summed E-state index contributed by atoms with van der Waals surface area (Å²) in [6, 6.07) is 10.6.